The first-order valence-electron chi connectivity index (χ1n) is 6.06. The molecule has 0 unspecified atom stereocenters. The summed E-state index contributed by atoms with van der Waals surface area (Å²) in [7, 11) is 0. The third-order valence-corrected chi connectivity index (χ3v) is 2.30. The number of amides is 1. The number of para-hydroxylation sites is 1. The van der Waals surface area contributed by atoms with Gasteiger partial charge in [-0.05, 0) is 25.1 Å². The Balaban J connectivity index is 0.000000861. The first-order valence-corrected chi connectivity index (χ1v) is 6.06. The zero-order chi connectivity index (χ0) is 14.4. The van der Waals surface area contributed by atoms with Gasteiger partial charge in [0.25, 0.3) is 11.5 Å². The zero-order valence-electron chi connectivity index (χ0n) is 11.3. The molecule has 0 saturated carbocycles. The predicted octanol–water partition coefficient (Wildman–Crippen LogP) is 1.67. The summed E-state index contributed by atoms with van der Waals surface area (Å²) >= 11 is 0. The molecule has 1 amide bonds. The van der Waals surface area contributed by atoms with Gasteiger partial charge in [-0.15, -0.1) is 0 Å². The molecule has 0 spiro atoms. The molecule has 0 aliphatic heterocycles. The second-order valence-electron chi connectivity index (χ2n) is 3.62. The fourth-order valence-electron chi connectivity index (χ4n) is 1.54. The minimum Gasteiger partial charge on any atom is -0.365 e. The van der Waals surface area contributed by atoms with Gasteiger partial charge >= 0.3 is 0 Å². The van der Waals surface area contributed by atoms with Crippen LogP contribution < -0.4 is 11.3 Å². The number of carbonyl (C=O) groups is 1. The Morgan fingerprint density at radius 2 is 1.79 bits per heavy atom. The van der Waals surface area contributed by atoms with Gasteiger partial charge in [0.2, 0.25) is 0 Å². The predicted molar refractivity (Wildman–Crippen MR) is 74.4 cm³/mol. The smallest absolute Gasteiger partial charge is 0.284 e. The van der Waals surface area contributed by atoms with E-state index < -0.39 is 11.5 Å². The van der Waals surface area contributed by atoms with Crippen molar-refractivity contribution in [2.24, 2.45) is 5.73 Å². The average molecular weight is 259 g/mol. The largest absolute Gasteiger partial charge is 0.365 e. The molecule has 5 nitrogen and oxygen atoms in total. The van der Waals surface area contributed by atoms with Gasteiger partial charge in [-0.2, -0.15) is 9.78 Å². The molecule has 100 valence electrons. The minimum atomic E-state index is -0.745. The van der Waals surface area contributed by atoms with Crippen molar-refractivity contribution in [1.29, 1.82) is 0 Å². The van der Waals surface area contributed by atoms with Gasteiger partial charge < -0.3 is 5.73 Å². The van der Waals surface area contributed by atoms with Crippen LogP contribution in [-0.4, -0.2) is 15.7 Å². The van der Waals surface area contributed by atoms with Gasteiger partial charge in [-0.3, -0.25) is 9.59 Å². The number of carbonyl (C=O) groups excluding carboxylic acids is 1. The maximum atomic E-state index is 12.0. The van der Waals surface area contributed by atoms with Crippen molar-refractivity contribution in [3.05, 3.63) is 58.0 Å². The van der Waals surface area contributed by atoms with Crippen LogP contribution in [0.25, 0.3) is 5.69 Å². The number of aromatic nitrogens is 2. The number of nitrogens with two attached hydrogens (primary N) is 1. The maximum absolute atomic E-state index is 12.0. The molecular weight excluding hydrogens is 242 g/mol. The molecule has 0 radical (unpaired) electrons. The number of hydrogen-bond acceptors (Lipinski definition) is 3. The van der Waals surface area contributed by atoms with Crippen LogP contribution in [0.2, 0.25) is 0 Å². The van der Waals surface area contributed by atoms with Gasteiger partial charge in [0.1, 0.15) is 5.56 Å². The first kappa shape index (κ1) is 14.6. The van der Waals surface area contributed by atoms with Gasteiger partial charge in [0, 0.05) is 0 Å². The summed E-state index contributed by atoms with van der Waals surface area (Å²) in [6, 6.07) is 10.3. The summed E-state index contributed by atoms with van der Waals surface area (Å²) in [5, 5.41) is 4.08. The SMILES string of the molecule is CC.Cc1cc(C(N)=O)c(=O)n(-c2ccccc2)n1. The fourth-order valence-corrected chi connectivity index (χ4v) is 1.54. The van der Waals surface area contributed by atoms with Crippen molar-refractivity contribution in [3.63, 3.8) is 0 Å². The summed E-state index contributed by atoms with van der Waals surface area (Å²) in [4.78, 5) is 23.1. The van der Waals surface area contributed by atoms with E-state index in [9.17, 15) is 9.59 Å². The molecule has 0 bridgehead atoms. The third-order valence-electron chi connectivity index (χ3n) is 2.30. The highest BCUT2D eigenvalue weighted by atomic mass is 16.2. The monoisotopic (exact) mass is 259 g/mol. The Bertz CT molecular complexity index is 618. The normalized spacial score (nSPS) is 9.42. The number of aryl methyl sites for hydroxylation is 1. The van der Waals surface area contributed by atoms with Crippen LogP contribution in [0.1, 0.15) is 29.9 Å². The summed E-state index contributed by atoms with van der Waals surface area (Å²) < 4.78 is 1.18. The van der Waals surface area contributed by atoms with Crippen molar-refractivity contribution in [2.45, 2.75) is 20.8 Å². The van der Waals surface area contributed by atoms with E-state index in [0.29, 0.717) is 11.4 Å². The summed E-state index contributed by atoms with van der Waals surface area (Å²) in [6.07, 6.45) is 0. The van der Waals surface area contributed by atoms with E-state index in [-0.39, 0.29) is 5.56 Å². The second-order valence-corrected chi connectivity index (χ2v) is 3.62. The van der Waals surface area contributed by atoms with E-state index in [4.69, 9.17) is 5.73 Å². The standard InChI is InChI=1S/C12H11N3O2.C2H6/c1-8-7-10(11(13)16)12(17)15(14-8)9-5-3-2-4-6-9;1-2/h2-7H,1H3,(H2,13,16);1-2H3. The van der Waals surface area contributed by atoms with Gasteiger partial charge in [-0.25, -0.2) is 0 Å². The van der Waals surface area contributed by atoms with Crippen molar-refractivity contribution in [1.82, 2.24) is 9.78 Å². The lowest BCUT2D eigenvalue weighted by Crippen LogP contribution is -2.30. The highest BCUT2D eigenvalue weighted by Gasteiger charge is 2.12. The molecule has 2 N–H and O–H groups in total. The third kappa shape index (κ3) is 3.28. The van der Waals surface area contributed by atoms with Crippen LogP contribution in [0, 0.1) is 6.92 Å². The molecule has 19 heavy (non-hydrogen) atoms. The molecule has 2 aromatic rings. The van der Waals surface area contributed by atoms with Crippen molar-refractivity contribution >= 4 is 5.91 Å². The van der Waals surface area contributed by atoms with Gasteiger partial charge in [0.15, 0.2) is 0 Å². The second kappa shape index (κ2) is 6.49. The lowest BCUT2D eigenvalue weighted by Gasteiger charge is -2.06. The van der Waals surface area contributed by atoms with Crippen LogP contribution in [0.3, 0.4) is 0 Å². The Hall–Kier alpha value is -2.43. The minimum absolute atomic E-state index is 0.0543. The van der Waals surface area contributed by atoms with Crippen LogP contribution >= 0.6 is 0 Å². The molecule has 1 heterocycles. The number of hydrogen-bond donors (Lipinski definition) is 1. The zero-order valence-corrected chi connectivity index (χ0v) is 11.3. The quantitative estimate of drug-likeness (QED) is 0.891. The number of primary amides is 1. The topological polar surface area (TPSA) is 78.0 Å². The molecule has 0 atom stereocenters. The van der Waals surface area contributed by atoms with Crippen molar-refractivity contribution in [2.75, 3.05) is 0 Å². The molecule has 0 aliphatic carbocycles. The van der Waals surface area contributed by atoms with Crippen molar-refractivity contribution < 1.29 is 4.79 Å². The molecule has 2 rings (SSSR count). The summed E-state index contributed by atoms with van der Waals surface area (Å²) in [5.74, 6) is -0.745. The molecule has 0 aliphatic rings. The summed E-state index contributed by atoms with van der Waals surface area (Å²) in [6.45, 7) is 5.70. The highest BCUT2D eigenvalue weighted by molar-refractivity contribution is 5.92. The molecular formula is C14H17N3O2. The molecule has 1 aromatic heterocycles. The highest BCUT2D eigenvalue weighted by Crippen LogP contribution is 2.04. The Morgan fingerprint density at radius 3 is 2.32 bits per heavy atom. The van der Waals surface area contributed by atoms with E-state index in [2.05, 4.69) is 5.10 Å². The Morgan fingerprint density at radius 1 is 1.21 bits per heavy atom. The Labute approximate surface area is 111 Å². The lowest BCUT2D eigenvalue weighted by molar-refractivity contribution is 0.0998. The first-order chi connectivity index (χ1) is 9.09. The van der Waals surface area contributed by atoms with E-state index in [1.807, 2.05) is 19.9 Å². The fraction of sp³-hybridized carbons (Fsp3) is 0.214. The van der Waals surface area contributed by atoms with Crippen LogP contribution in [0.5, 0.6) is 0 Å². The van der Waals surface area contributed by atoms with Crippen LogP contribution in [0.4, 0.5) is 0 Å². The van der Waals surface area contributed by atoms with E-state index in [1.54, 1.807) is 31.2 Å². The van der Waals surface area contributed by atoms with Gasteiger partial charge in [-0.1, -0.05) is 32.0 Å². The van der Waals surface area contributed by atoms with Crippen molar-refractivity contribution in [3.8, 4) is 5.69 Å². The summed E-state index contributed by atoms with van der Waals surface area (Å²) in [5.41, 5.74) is 5.75. The van der Waals surface area contributed by atoms with Crippen LogP contribution in [-0.2, 0) is 0 Å². The molecule has 5 heteroatoms. The Kier molecular flexibility index (Phi) is 5.00. The van der Waals surface area contributed by atoms with E-state index >= 15 is 0 Å². The number of benzene rings is 1. The molecule has 1 aromatic carbocycles. The maximum Gasteiger partial charge on any atom is 0.284 e. The number of nitrogens with zero attached hydrogens (tertiary/aromatic N) is 2. The lowest BCUT2D eigenvalue weighted by atomic mass is 10.2. The van der Waals surface area contributed by atoms with E-state index in [1.165, 1.54) is 10.7 Å². The van der Waals surface area contributed by atoms with Gasteiger partial charge in [0.05, 0.1) is 11.4 Å². The molecule has 0 saturated heterocycles. The molecule has 0 fully saturated rings. The number of rotatable bonds is 2. The van der Waals surface area contributed by atoms with Crippen LogP contribution in [0.15, 0.2) is 41.2 Å². The average Bonchev–Trinajstić information content (AvgIpc) is 2.44. The van der Waals surface area contributed by atoms with E-state index in [0.717, 1.165) is 0 Å².